The van der Waals surface area contributed by atoms with Gasteiger partial charge in [0.05, 0.1) is 7.11 Å². The molecule has 0 aromatic heterocycles. The molecule has 0 aliphatic carbocycles. The topological polar surface area (TPSA) is 38.3 Å². The Morgan fingerprint density at radius 1 is 1.28 bits per heavy atom. The van der Waals surface area contributed by atoms with Gasteiger partial charge >= 0.3 is 5.76 Å². The van der Waals surface area contributed by atoms with Crippen molar-refractivity contribution in [2.75, 3.05) is 13.4 Å². The third-order valence-electron chi connectivity index (χ3n) is 2.36. The minimum absolute atomic E-state index is 0.0501. The summed E-state index contributed by atoms with van der Waals surface area (Å²) < 4.78 is 58.4. The standard InChI is InChI=1S/C10H13F4NO2S/c1-17-18(2,13,14,10(11)12)15-9(16)8-6-4-3-5-7-8/h3-7,10H,1-2H3,(H,15,16). The van der Waals surface area contributed by atoms with Crippen molar-refractivity contribution < 1.29 is 25.5 Å². The zero-order chi connectivity index (χ0) is 14.1. The van der Waals surface area contributed by atoms with E-state index < -0.39 is 21.2 Å². The fraction of sp³-hybridized carbons (Fsp3) is 0.300. The van der Waals surface area contributed by atoms with Crippen molar-refractivity contribution in [3.63, 3.8) is 0 Å². The number of rotatable bonds is 4. The molecule has 3 nitrogen and oxygen atoms in total. The maximum atomic E-state index is 14.1. The predicted molar refractivity (Wildman–Crippen MR) is 62.7 cm³/mol. The summed E-state index contributed by atoms with van der Waals surface area (Å²) in [6.07, 6.45) is -0.0501. The van der Waals surface area contributed by atoms with Gasteiger partial charge in [-0.1, -0.05) is 18.2 Å². The lowest BCUT2D eigenvalue weighted by molar-refractivity contribution is 0.0951. The Kier molecular flexibility index (Phi) is 3.17. The zero-order valence-electron chi connectivity index (χ0n) is 9.70. The van der Waals surface area contributed by atoms with Crippen molar-refractivity contribution >= 4 is 15.4 Å². The third kappa shape index (κ3) is 2.59. The number of hydrogen-bond donors (Lipinski definition) is 1. The SMILES string of the molecule is COS(C)(F)(F)(NC(=O)c1ccccc1)C(F)F. The van der Waals surface area contributed by atoms with Crippen LogP contribution in [0.1, 0.15) is 10.4 Å². The van der Waals surface area contributed by atoms with Crippen molar-refractivity contribution in [3.05, 3.63) is 35.9 Å². The highest BCUT2D eigenvalue weighted by atomic mass is 32.4. The fourth-order valence-corrected chi connectivity index (χ4v) is 2.01. The molecule has 0 fully saturated rings. The van der Waals surface area contributed by atoms with E-state index in [2.05, 4.69) is 4.18 Å². The second kappa shape index (κ2) is 3.86. The first kappa shape index (κ1) is 14.8. The van der Waals surface area contributed by atoms with Gasteiger partial charge in [-0.3, -0.25) is 13.7 Å². The van der Waals surface area contributed by atoms with E-state index in [0.717, 1.165) is 4.72 Å². The van der Waals surface area contributed by atoms with Gasteiger partial charge in [0, 0.05) is 11.8 Å². The van der Waals surface area contributed by atoms with Crippen LogP contribution < -0.4 is 4.72 Å². The van der Waals surface area contributed by atoms with Gasteiger partial charge in [0.1, 0.15) is 9.53 Å². The van der Waals surface area contributed by atoms with Crippen LogP contribution in [-0.4, -0.2) is 25.0 Å². The molecule has 0 saturated carbocycles. The quantitative estimate of drug-likeness (QED) is 0.862. The number of carbonyl (C=O) groups is 1. The van der Waals surface area contributed by atoms with Crippen LogP contribution in [0, 0.1) is 0 Å². The highest BCUT2D eigenvalue weighted by Crippen LogP contribution is 2.91. The number of halogens is 4. The van der Waals surface area contributed by atoms with E-state index in [0.29, 0.717) is 7.11 Å². The molecule has 0 aliphatic rings. The Hall–Kier alpha value is -1.28. The van der Waals surface area contributed by atoms with E-state index in [4.69, 9.17) is 0 Å². The maximum Gasteiger partial charge on any atom is 0.332 e. The normalized spacial score (nSPS) is 15.9. The summed E-state index contributed by atoms with van der Waals surface area (Å²) in [5.74, 6) is -5.44. The lowest BCUT2D eigenvalue weighted by Crippen LogP contribution is -2.49. The van der Waals surface area contributed by atoms with Crippen LogP contribution in [0.15, 0.2) is 30.3 Å². The number of hydrogen-bond acceptors (Lipinski definition) is 2. The predicted octanol–water partition coefficient (Wildman–Crippen LogP) is 3.39. The Morgan fingerprint density at radius 2 is 1.78 bits per heavy atom. The second-order valence-electron chi connectivity index (χ2n) is 3.95. The largest absolute Gasteiger partial charge is 0.332 e. The van der Waals surface area contributed by atoms with Gasteiger partial charge in [-0.25, -0.2) is 0 Å². The smallest absolute Gasteiger partial charge is 0.292 e. The number of nitrogens with one attached hydrogen (secondary N) is 1. The minimum atomic E-state index is -7.40. The molecule has 18 heavy (non-hydrogen) atoms. The lowest BCUT2D eigenvalue weighted by Gasteiger charge is -2.59. The summed E-state index contributed by atoms with van der Waals surface area (Å²) in [5, 5.41) is 0. The molecule has 104 valence electrons. The molecule has 0 bridgehead atoms. The summed E-state index contributed by atoms with van der Waals surface area (Å²) in [5.41, 5.74) is -0.155. The van der Waals surface area contributed by atoms with Crippen LogP contribution in [0.5, 0.6) is 0 Å². The van der Waals surface area contributed by atoms with Gasteiger partial charge in [-0.05, 0) is 12.1 Å². The molecule has 0 saturated heterocycles. The van der Waals surface area contributed by atoms with Crippen LogP contribution in [0.2, 0.25) is 0 Å². The molecule has 1 N–H and O–H groups in total. The molecule has 0 atom stereocenters. The van der Waals surface area contributed by atoms with Gasteiger partial charge in [-0.2, -0.15) is 8.78 Å². The number of carbonyl (C=O) groups excluding carboxylic acids is 1. The Balaban J connectivity index is 3.13. The Morgan fingerprint density at radius 3 is 2.17 bits per heavy atom. The lowest BCUT2D eigenvalue weighted by atomic mass is 10.2. The fourth-order valence-electron chi connectivity index (χ4n) is 1.06. The molecular weight excluding hydrogens is 274 g/mol. The van der Waals surface area contributed by atoms with Crippen LogP contribution >= 0.6 is 9.53 Å². The van der Waals surface area contributed by atoms with E-state index >= 15 is 0 Å². The highest BCUT2D eigenvalue weighted by Gasteiger charge is 2.66. The minimum Gasteiger partial charge on any atom is -0.292 e. The maximum absolute atomic E-state index is 14.1. The molecule has 1 amide bonds. The Labute approximate surface area is 101 Å². The summed E-state index contributed by atoms with van der Waals surface area (Å²) in [7, 11) is -6.96. The van der Waals surface area contributed by atoms with Crippen molar-refractivity contribution in [1.82, 2.24) is 4.72 Å². The summed E-state index contributed by atoms with van der Waals surface area (Å²) >= 11 is 0. The summed E-state index contributed by atoms with van der Waals surface area (Å²) in [4.78, 5) is 11.6. The Bertz CT molecular complexity index is 469. The van der Waals surface area contributed by atoms with Gasteiger partial charge in [0.15, 0.2) is 0 Å². The number of benzene rings is 1. The van der Waals surface area contributed by atoms with E-state index in [1.165, 1.54) is 24.3 Å². The average molecular weight is 287 g/mol. The molecule has 0 aliphatic heterocycles. The summed E-state index contributed by atoms with van der Waals surface area (Å²) in [6.45, 7) is 0. The van der Waals surface area contributed by atoms with Crippen LogP contribution in [-0.2, 0) is 4.18 Å². The van der Waals surface area contributed by atoms with E-state index in [1.807, 2.05) is 0 Å². The molecular formula is C10H13F4NO2S. The number of alkyl halides is 2. The third-order valence-corrected chi connectivity index (χ3v) is 4.99. The van der Waals surface area contributed by atoms with E-state index in [1.54, 1.807) is 6.07 Å². The first-order chi connectivity index (χ1) is 8.04. The molecule has 8 heteroatoms. The van der Waals surface area contributed by atoms with Crippen LogP contribution in [0.4, 0.5) is 16.6 Å². The molecule has 0 spiro atoms. The van der Waals surface area contributed by atoms with Gasteiger partial charge < -0.3 is 0 Å². The van der Waals surface area contributed by atoms with Crippen molar-refractivity contribution in [2.45, 2.75) is 5.76 Å². The van der Waals surface area contributed by atoms with Crippen LogP contribution in [0.25, 0.3) is 0 Å². The zero-order valence-corrected chi connectivity index (χ0v) is 10.5. The molecule has 0 heterocycles. The molecule has 0 radical (unpaired) electrons. The van der Waals surface area contributed by atoms with Crippen LogP contribution in [0.3, 0.4) is 0 Å². The monoisotopic (exact) mass is 287 g/mol. The first-order valence-corrected chi connectivity index (χ1v) is 7.43. The molecule has 1 aromatic carbocycles. The van der Waals surface area contributed by atoms with Gasteiger partial charge in [-0.15, -0.1) is 7.77 Å². The first-order valence-electron chi connectivity index (χ1n) is 4.78. The van der Waals surface area contributed by atoms with E-state index in [-0.39, 0.29) is 11.8 Å². The highest BCUT2D eigenvalue weighted by molar-refractivity contribution is 8.52. The van der Waals surface area contributed by atoms with Gasteiger partial charge in [0.2, 0.25) is 0 Å². The van der Waals surface area contributed by atoms with Crippen molar-refractivity contribution in [2.24, 2.45) is 0 Å². The van der Waals surface area contributed by atoms with Gasteiger partial charge in [0.25, 0.3) is 5.91 Å². The number of amides is 1. The molecule has 1 aromatic rings. The molecule has 1 rings (SSSR count). The van der Waals surface area contributed by atoms with Crippen molar-refractivity contribution in [3.8, 4) is 0 Å². The molecule has 0 unspecified atom stereocenters. The van der Waals surface area contributed by atoms with Crippen molar-refractivity contribution in [1.29, 1.82) is 0 Å². The van der Waals surface area contributed by atoms with E-state index in [9.17, 15) is 21.3 Å². The summed E-state index contributed by atoms with van der Waals surface area (Å²) in [6, 6.07) is 6.88. The average Bonchev–Trinajstić information content (AvgIpc) is 2.30. The second-order valence-corrected chi connectivity index (χ2v) is 8.31.